The zero-order valence-corrected chi connectivity index (χ0v) is 17.3. The van der Waals surface area contributed by atoms with Crippen LogP contribution in [-0.2, 0) is 16.1 Å². The molecule has 0 aliphatic carbocycles. The highest BCUT2D eigenvalue weighted by atomic mass is 35.5. The fourth-order valence-corrected chi connectivity index (χ4v) is 3.34. The third kappa shape index (κ3) is 5.58. The highest BCUT2D eigenvalue weighted by Gasteiger charge is 2.34. The second-order valence-electron chi connectivity index (χ2n) is 7.08. The van der Waals surface area contributed by atoms with Gasteiger partial charge in [-0.2, -0.15) is 0 Å². The van der Waals surface area contributed by atoms with E-state index in [0.717, 1.165) is 5.56 Å². The van der Waals surface area contributed by atoms with Crippen LogP contribution < -0.4 is 10.1 Å². The van der Waals surface area contributed by atoms with Gasteiger partial charge in [0.15, 0.2) is 5.75 Å². The van der Waals surface area contributed by atoms with E-state index in [0.29, 0.717) is 30.3 Å². The minimum Gasteiger partial charge on any atom is -0.455 e. The number of amides is 2. The van der Waals surface area contributed by atoms with Gasteiger partial charge in [0.2, 0.25) is 11.8 Å². The van der Waals surface area contributed by atoms with E-state index < -0.39 is 5.92 Å². The van der Waals surface area contributed by atoms with Gasteiger partial charge in [-0.3, -0.25) is 14.6 Å². The quantitative estimate of drug-likeness (QED) is 0.614. The first-order valence-electron chi connectivity index (χ1n) is 9.58. The molecular weight excluding hydrogens is 421 g/mol. The van der Waals surface area contributed by atoms with Crippen molar-refractivity contribution in [3.05, 3.63) is 84.4 Å². The van der Waals surface area contributed by atoms with Gasteiger partial charge in [0.05, 0.1) is 11.6 Å². The van der Waals surface area contributed by atoms with Crippen LogP contribution in [0, 0.1) is 11.7 Å². The molecule has 3 aromatic rings. The number of hydrogen-bond donors (Lipinski definition) is 1. The zero-order valence-electron chi connectivity index (χ0n) is 16.5. The first-order valence-corrected chi connectivity index (χ1v) is 9.58. The van der Waals surface area contributed by atoms with Gasteiger partial charge in [-0.1, -0.05) is 18.2 Å². The fraction of sp³-hybridized carbons (Fsp3) is 0.174. The number of benzene rings is 2. The van der Waals surface area contributed by atoms with Gasteiger partial charge in [-0.25, -0.2) is 4.39 Å². The van der Waals surface area contributed by atoms with Crippen molar-refractivity contribution < 1.29 is 18.7 Å². The van der Waals surface area contributed by atoms with Crippen molar-refractivity contribution in [1.29, 1.82) is 0 Å². The van der Waals surface area contributed by atoms with Crippen LogP contribution in [0.4, 0.5) is 10.1 Å². The second-order valence-corrected chi connectivity index (χ2v) is 7.08. The van der Waals surface area contributed by atoms with Crippen molar-refractivity contribution in [2.75, 3.05) is 11.9 Å². The Balaban J connectivity index is 0.00000272. The summed E-state index contributed by atoms with van der Waals surface area (Å²) < 4.78 is 18.9. The molecule has 31 heavy (non-hydrogen) atoms. The SMILES string of the molecule is Cl.O=C(Nc1ccccc1Oc1ccc(F)cc1)C1CC(=O)N(Cc2cccnc2)C1. The Morgan fingerprint density at radius 3 is 2.65 bits per heavy atom. The van der Waals surface area contributed by atoms with Gasteiger partial charge in [0.25, 0.3) is 0 Å². The summed E-state index contributed by atoms with van der Waals surface area (Å²) in [5.41, 5.74) is 1.41. The molecule has 8 heteroatoms. The molecule has 160 valence electrons. The Hall–Kier alpha value is -3.45. The minimum absolute atomic E-state index is 0. The highest BCUT2D eigenvalue weighted by Crippen LogP contribution is 2.30. The Morgan fingerprint density at radius 2 is 1.90 bits per heavy atom. The van der Waals surface area contributed by atoms with Gasteiger partial charge in [-0.15, -0.1) is 12.4 Å². The molecule has 0 bridgehead atoms. The molecule has 1 atom stereocenters. The Bertz CT molecular complexity index is 1050. The number of hydrogen-bond acceptors (Lipinski definition) is 4. The van der Waals surface area contributed by atoms with E-state index in [9.17, 15) is 14.0 Å². The molecule has 1 aliphatic rings. The number of ether oxygens (including phenoxy) is 1. The van der Waals surface area contributed by atoms with E-state index in [2.05, 4.69) is 10.3 Å². The number of nitrogens with zero attached hydrogens (tertiary/aromatic N) is 2. The molecular formula is C23H21ClFN3O3. The van der Waals surface area contributed by atoms with Crippen LogP contribution in [0.3, 0.4) is 0 Å². The smallest absolute Gasteiger partial charge is 0.229 e. The number of carbonyl (C=O) groups is 2. The molecule has 6 nitrogen and oxygen atoms in total. The number of halogens is 2. The van der Waals surface area contributed by atoms with Crippen LogP contribution in [0.15, 0.2) is 73.1 Å². The van der Waals surface area contributed by atoms with E-state index in [4.69, 9.17) is 4.74 Å². The molecule has 1 N–H and O–H groups in total. The lowest BCUT2D eigenvalue weighted by atomic mass is 10.1. The summed E-state index contributed by atoms with van der Waals surface area (Å²) in [6.07, 6.45) is 3.55. The Labute approximate surface area is 185 Å². The van der Waals surface area contributed by atoms with Crippen LogP contribution in [0.25, 0.3) is 0 Å². The number of pyridine rings is 1. The van der Waals surface area contributed by atoms with E-state index in [1.54, 1.807) is 41.6 Å². The van der Waals surface area contributed by atoms with Crippen molar-refractivity contribution in [3.63, 3.8) is 0 Å². The second kappa shape index (κ2) is 10.0. The zero-order chi connectivity index (χ0) is 20.9. The normalized spacial score (nSPS) is 15.3. The fourth-order valence-electron chi connectivity index (χ4n) is 3.34. The first kappa shape index (κ1) is 22.2. The number of nitrogens with one attached hydrogen (secondary N) is 1. The van der Waals surface area contributed by atoms with E-state index in [1.807, 2.05) is 12.1 Å². The predicted molar refractivity (Wildman–Crippen MR) is 117 cm³/mol. The lowest BCUT2D eigenvalue weighted by Crippen LogP contribution is -2.28. The molecule has 4 rings (SSSR count). The number of anilines is 1. The first-order chi connectivity index (χ1) is 14.6. The van der Waals surface area contributed by atoms with E-state index in [-0.39, 0.29) is 36.5 Å². The average Bonchev–Trinajstić information content (AvgIpc) is 3.12. The summed E-state index contributed by atoms with van der Waals surface area (Å²) in [6, 6.07) is 16.4. The molecule has 2 heterocycles. The largest absolute Gasteiger partial charge is 0.455 e. The van der Waals surface area contributed by atoms with Crippen molar-refractivity contribution in [1.82, 2.24) is 9.88 Å². The molecule has 1 saturated heterocycles. The van der Waals surface area contributed by atoms with Gasteiger partial charge < -0.3 is 15.0 Å². The van der Waals surface area contributed by atoms with Crippen LogP contribution in [0.1, 0.15) is 12.0 Å². The topological polar surface area (TPSA) is 71.5 Å². The average molecular weight is 442 g/mol. The number of carbonyl (C=O) groups excluding carboxylic acids is 2. The summed E-state index contributed by atoms with van der Waals surface area (Å²) in [5.74, 6) is -0.216. The number of likely N-dealkylation sites (tertiary alicyclic amines) is 1. The van der Waals surface area contributed by atoms with Crippen LogP contribution in [0.5, 0.6) is 11.5 Å². The van der Waals surface area contributed by atoms with Crippen molar-refractivity contribution in [3.8, 4) is 11.5 Å². The summed E-state index contributed by atoms with van der Waals surface area (Å²) in [7, 11) is 0. The Morgan fingerprint density at radius 1 is 1.13 bits per heavy atom. The third-order valence-electron chi connectivity index (χ3n) is 4.87. The van der Waals surface area contributed by atoms with E-state index >= 15 is 0 Å². The Kier molecular flexibility index (Phi) is 7.20. The molecule has 0 spiro atoms. The monoisotopic (exact) mass is 441 g/mol. The van der Waals surface area contributed by atoms with Crippen molar-refractivity contribution >= 4 is 29.9 Å². The van der Waals surface area contributed by atoms with Crippen molar-refractivity contribution in [2.24, 2.45) is 5.92 Å². The molecule has 1 aliphatic heterocycles. The number of rotatable bonds is 6. The van der Waals surface area contributed by atoms with E-state index in [1.165, 1.54) is 24.3 Å². The lowest BCUT2D eigenvalue weighted by molar-refractivity contribution is -0.128. The maximum Gasteiger partial charge on any atom is 0.229 e. The molecule has 2 aromatic carbocycles. The van der Waals surface area contributed by atoms with Crippen LogP contribution in [-0.4, -0.2) is 28.2 Å². The molecule has 1 aromatic heterocycles. The van der Waals surface area contributed by atoms with Gasteiger partial charge >= 0.3 is 0 Å². The van der Waals surface area contributed by atoms with Crippen LogP contribution in [0.2, 0.25) is 0 Å². The molecule has 0 saturated carbocycles. The summed E-state index contributed by atoms with van der Waals surface area (Å²) in [4.78, 5) is 30.9. The maximum absolute atomic E-state index is 13.1. The third-order valence-corrected chi connectivity index (χ3v) is 4.87. The van der Waals surface area contributed by atoms with Gasteiger partial charge in [0, 0.05) is 31.9 Å². The molecule has 2 amide bonds. The maximum atomic E-state index is 13.1. The predicted octanol–water partition coefficient (Wildman–Crippen LogP) is 4.42. The highest BCUT2D eigenvalue weighted by molar-refractivity contribution is 5.98. The van der Waals surface area contributed by atoms with Gasteiger partial charge in [0.1, 0.15) is 11.6 Å². The van der Waals surface area contributed by atoms with Gasteiger partial charge in [-0.05, 0) is 48.0 Å². The standard InChI is InChI=1S/C23H20FN3O3.ClH/c24-18-7-9-19(10-8-18)30-21-6-2-1-5-20(21)26-23(29)17-12-22(28)27(15-17)14-16-4-3-11-25-13-16;/h1-11,13,17H,12,14-15H2,(H,26,29);1H. The molecule has 0 radical (unpaired) electrons. The summed E-state index contributed by atoms with van der Waals surface area (Å²) in [6.45, 7) is 0.779. The summed E-state index contributed by atoms with van der Waals surface area (Å²) >= 11 is 0. The number of para-hydroxylation sites is 2. The van der Waals surface area contributed by atoms with Crippen LogP contribution >= 0.6 is 12.4 Å². The molecule has 1 unspecified atom stereocenters. The molecule has 1 fully saturated rings. The minimum atomic E-state index is -0.451. The number of aromatic nitrogens is 1. The summed E-state index contributed by atoms with van der Waals surface area (Å²) in [5, 5.41) is 2.86. The van der Waals surface area contributed by atoms with Crippen molar-refractivity contribution in [2.45, 2.75) is 13.0 Å². The lowest BCUT2D eigenvalue weighted by Gasteiger charge is -2.17.